The van der Waals surface area contributed by atoms with Crippen LogP contribution in [0.1, 0.15) is 29.8 Å². The summed E-state index contributed by atoms with van der Waals surface area (Å²) in [6, 6.07) is 7.62. The molecule has 2 aromatic heterocycles. The lowest BCUT2D eigenvalue weighted by molar-refractivity contribution is -0.130. The van der Waals surface area contributed by atoms with E-state index in [0.717, 1.165) is 42.9 Å². The van der Waals surface area contributed by atoms with E-state index in [0.29, 0.717) is 11.9 Å². The van der Waals surface area contributed by atoms with Gasteiger partial charge in [-0.1, -0.05) is 29.1 Å². The molecule has 1 aliphatic rings. The summed E-state index contributed by atoms with van der Waals surface area (Å²) in [5.41, 5.74) is 4.46. The standard InChI is InChI=1S/C21H20BN3O/c1-16-4-2-6-20(24-16)7-3-5-17-8-10-25(11-9-17)21(26)13-18-12-19(22)15-23-14-18/h2,4-6,12,14-15H,8-11,13H2,1H3. The van der Waals surface area contributed by atoms with Crippen LogP contribution in [0, 0.1) is 18.8 Å². The average molecular weight is 341 g/mol. The van der Waals surface area contributed by atoms with Gasteiger partial charge in [-0.2, -0.15) is 0 Å². The minimum absolute atomic E-state index is 0.117. The Labute approximate surface area is 155 Å². The number of hydrogen-bond donors (Lipinski definition) is 0. The maximum Gasteiger partial charge on any atom is 0.227 e. The second kappa shape index (κ2) is 8.49. The number of allylic oxidation sites excluding steroid dienone is 1. The van der Waals surface area contributed by atoms with Gasteiger partial charge in [0.15, 0.2) is 0 Å². The van der Waals surface area contributed by atoms with Crippen LogP contribution in [0.15, 0.2) is 48.3 Å². The van der Waals surface area contributed by atoms with E-state index in [-0.39, 0.29) is 5.91 Å². The summed E-state index contributed by atoms with van der Waals surface area (Å²) in [5.74, 6) is 6.27. The predicted octanol–water partition coefficient (Wildman–Crippen LogP) is 1.72. The van der Waals surface area contributed by atoms with Crippen molar-refractivity contribution < 1.29 is 4.79 Å². The molecule has 0 aliphatic carbocycles. The third-order valence-electron chi connectivity index (χ3n) is 4.29. The molecule has 1 saturated heterocycles. The molecule has 4 nitrogen and oxygen atoms in total. The largest absolute Gasteiger partial charge is 0.342 e. The van der Waals surface area contributed by atoms with Gasteiger partial charge in [0.2, 0.25) is 5.91 Å². The third kappa shape index (κ3) is 5.06. The molecular weight excluding hydrogens is 321 g/mol. The quantitative estimate of drug-likeness (QED) is 0.617. The molecule has 0 bridgehead atoms. The maximum absolute atomic E-state index is 12.4. The average Bonchev–Trinajstić information content (AvgIpc) is 2.62. The number of pyridine rings is 2. The van der Waals surface area contributed by atoms with Gasteiger partial charge in [-0.25, -0.2) is 4.98 Å². The molecule has 26 heavy (non-hydrogen) atoms. The molecule has 1 amide bonds. The zero-order valence-corrected chi connectivity index (χ0v) is 14.9. The van der Waals surface area contributed by atoms with Gasteiger partial charge in [0.05, 0.1) is 6.42 Å². The fraction of sp³-hybridized carbons (Fsp3) is 0.286. The van der Waals surface area contributed by atoms with Gasteiger partial charge >= 0.3 is 0 Å². The Bertz CT molecular complexity index is 885. The smallest absolute Gasteiger partial charge is 0.227 e. The summed E-state index contributed by atoms with van der Waals surface area (Å²) in [4.78, 5) is 22.7. The van der Waals surface area contributed by atoms with Gasteiger partial charge in [-0.05, 0) is 49.5 Å². The van der Waals surface area contributed by atoms with Crippen molar-refractivity contribution in [2.75, 3.05) is 13.1 Å². The first kappa shape index (κ1) is 17.9. The van der Waals surface area contributed by atoms with Crippen molar-refractivity contribution in [2.45, 2.75) is 26.2 Å². The number of carbonyl (C=O) groups is 1. The highest BCUT2D eigenvalue weighted by Gasteiger charge is 2.19. The minimum Gasteiger partial charge on any atom is -0.342 e. The van der Waals surface area contributed by atoms with Crippen LogP contribution in [0.3, 0.4) is 0 Å². The second-order valence-electron chi connectivity index (χ2n) is 6.42. The molecule has 2 aromatic rings. The molecule has 0 spiro atoms. The number of carbonyl (C=O) groups excluding carboxylic acids is 1. The van der Waals surface area contributed by atoms with Crippen LogP contribution in [0.25, 0.3) is 0 Å². The number of likely N-dealkylation sites (tertiary alicyclic amines) is 1. The molecule has 0 aromatic carbocycles. The maximum atomic E-state index is 12.4. The Morgan fingerprint density at radius 1 is 1.31 bits per heavy atom. The van der Waals surface area contributed by atoms with Crippen LogP contribution >= 0.6 is 0 Å². The fourth-order valence-corrected chi connectivity index (χ4v) is 2.90. The molecule has 1 fully saturated rings. The van der Waals surface area contributed by atoms with Crippen molar-refractivity contribution in [3.05, 3.63) is 65.3 Å². The van der Waals surface area contributed by atoms with Crippen LogP contribution in [0.5, 0.6) is 0 Å². The molecule has 0 N–H and O–H groups in total. The van der Waals surface area contributed by atoms with Crippen molar-refractivity contribution in [3.8, 4) is 11.8 Å². The molecule has 128 valence electrons. The molecule has 0 atom stereocenters. The van der Waals surface area contributed by atoms with E-state index in [1.54, 1.807) is 18.5 Å². The van der Waals surface area contributed by atoms with E-state index < -0.39 is 0 Å². The van der Waals surface area contributed by atoms with Crippen LogP contribution in [-0.4, -0.2) is 41.7 Å². The van der Waals surface area contributed by atoms with Crippen molar-refractivity contribution >= 4 is 19.2 Å². The Morgan fingerprint density at radius 2 is 2.12 bits per heavy atom. The third-order valence-corrected chi connectivity index (χ3v) is 4.29. The Morgan fingerprint density at radius 3 is 2.85 bits per heavy atom. The molecule has 2 radical (unpaired) electrons. The first-order valence-electron chi connectivity index (χ1n) is 8.70. The first-order chi connectivity index (χ1) is 12.6. The van der Waals surface area contributed by atoms with Crippen LogP contribution in [0.4, 0.5) is 0 Å². The van der Waals surface area contributed by atoms with Crippen LogP contribution in [0.2, 0.25) is 0 Å². The summed E-state index contributed by atoms with van der Waals surface area (Å²) in [6.45, 7) is 3.41. The normalized spacial score (nSPS) is 13.7. The summed E-state index contributed by atoms with van der Waals surface area (Å²) in [5, 5.41) is 0. The molecule has 0 unspecified atom stereocenters. The van der Waals surface area contributed by atoms with Crippen molar-refractivity contribution in [1.82, 2.24) is 14.9 Å². The lowest BCUT2D eigenvalue weighted by Gasteiger charge is -2.28. The van der Waals surface area contributed by atoms with Gasteiger partial charge in [-0.3, -0.25) is 9.78 Å². The van der Waals surface area contributed by atoms with Gasteiger partial charge in [0.25, 0.3) is 0 Å². The Kier molecular flexibility index (Phi) is 5.86. The number of amides is 1. The van der Waals surface area contributed by atoms with E-state index >= 15 is 0 Å². The number of piperidine rings is 1. The van der Waals surface area contributed by atoms with E-state index in [4.69, 9.17) is 7.85 Å². The number of aryl methyl sites for hydroxylation is 1. The van der Waals surface area contributed by atoms with E-state index in [9.17, 15) is 4.79 Å². The minimum atomic E-state index is 0.117. The molecular formula is C21H20BN3O. The Balaban J connectivity index is 1.53. The SMILES string of the molecule is [B]c1cncc(CC(=O)N2CCC(=CC#Cc3cccc(C)n3)CC2)c1. The number of aromatic nitrogens is 2. The molecule has 5 heteroatoms. The van der Waals surface area contributed by atoms with Crippen LogP contribution < -0.4 is 5.46 Å². The second-order valence-corrected chi connectivity index (χ2v) is 6.42. The molecule has 3 rings (SSSR count). The fourth-order valence-electron chi connectivity index (χ4n) is 2.90. The van der Waals surface area contributed by atoms with Crippen molar-refractivity contribution in [2.24, 2.45) is 0 Å². The summed E-state index contributed by atoms with van der Waals surface area (Å²) in [7, 11) is 5.72. The molecule has 0 saturated carbocycles. The van der Waals surface area contributed by atoms with Gasteiger partial charge in [-0.15, -0.1) is 0 Å². The van der Waals surface area contributed by atoms with Gasteiger partial charge in [0.1, 0.15) is 13.5 Å². The lowest BCUT2D eigenvalue weighted by atomic mass is 9.96. The number of nitrogens with zero attached hydrogens (tertiary/aromatic N) is 3. The van der Waals surface area contributed by atoms with E-state index in [1.807, 2.05) is 36.1 Å². The summed E-state index contributed by atoms with van der Waals surface area (Å²) < 4.78 is 0. The predicted molar refractivity (Wildman–Crippen MR) is 103 cm³/mol. The highest BCUT2D eigenvalue weighted by Crippen LogP contribution is 2.16. The highest BCUT2D eigenvalue weighted by molar-refractivity contribution is 6.32. The van der Waals surface area contributed by atoms with E-state index in [2.05, 4.69) is 21.8 Å². The zero-order valence-electron chi connectivity index (χ0n) is 14.9. The highest BCUT2D eigenvalue weighted by atomic mass is 16.2. The van der Waals surface area contributed by atoms with Crippen molar-refractivity contribution in [1.29, 1.82) is 0 Å². The number of hydrogen-bond acceptors (Lipinski definition) is 3. The lowest BCUT2D eigenvalue weighted by Crippen LogP contribution is -2.37. The Hall–Kier alpha value is -2.87. The summed E-state index contributed by atoms with van der Waals surface area (Å²) >= 11 is 0. The van der Waals surface area contributed by atoms with Crippen molar-refractivity contribution in [3.63, 3.8) is 0 Å². The van der Waals surface area contributed by atoms with Gasteiger partial charge in [0, 0.05) is 31.2 Å². The molecule has 1 aliphatic heterocycles. The van der Waals surface area contributed by atoms with E-state index in [1.165, 1.54) is 5.57 Å². The zero-order chi connectivity index (χ0) is 18.4. The summed E-state index contributed by atoms with van der Waals surface area (Å²) in [6.07, 6.45) is 7.30. The number of rotatable bonds is 2. The monoisotopic (exact) mass is 341 g/mol. The van der Waals surface area contributed by atoms with Crippen LogP contribution in [-0.2, 0) is 11.2 Å². The van der Waals surface area contributed by atoms with Gasteiger partial charge < -0.3 is 4.90 Å². The topological polar surface area (TPSA) is 46.1 Å². The molecule has 3 heterocycles. The first-order valence-corrected chi connectivity index (χ1v) is 8.70.